The fourth-order valence-corrected chi connectivity index (χ4v) is 1.48. The number of nitrogens with one attached hydrogen (secondary N) is 1. The highest BCUT2D eigenvalue weighted by Gasteiger charge is 2.31. The predicted octanol–water partition coefficient (Wildman–Crippen LogP) is 2.33. The van der Waals surface area contributed by atoms with Gasteiger partial charge < -0.3 is 5.73 Å². The Labute approximate surface area is 104 Å². The Morgan fingerprint density at radius 2 is 1.95 bits per heavy atom. The second-order valence-electron chi connectivity index (χ2n) is 3.72. The number of nitrogens with two attached hydrogens (primary N) is 1. The second kappa shape index (κ2) is 4.38. The maximum atomic E-state index is 13.5. The van der Waals surface area contributed by atoms with Crippen molar-refractivity contribution in [2.75, 3.05) is 0 Å². The molecule has 0 saturated heterocycles. The number of aromatic amines is 1. The van der Waals surface area contributed by atoms with E-state index in [0.29, 0.717) is 18.2 Å². The third-order valence-corrected chi connectivity index (χ3v) is 2.41. The van der Waals surface area contributed by atoms with Crippen LogP contribution in [-0.2, 0) is 6.18 Å². The average Bonchev–Trinajstić information content (AvgIpc) is 2.77. The number of primary amides is 1. The number of nitrogens with zero attached hydrogens (tertiary/aromatic N) is 1. The Balaban J connectivity index is 2.51. The normalized spacial score (nSPS) is 11.6. The number of rotatable bonds is 2. The first-order valence-electron chi connectivity index (χ1n) is 5.01. The topological polar surface area (TPSA) is 71.8 Å². The van der Waals surface area contributed by atoms with Crippen molar-refractivity contribution >= 4 is 5.91 Å². The molecule has 0 unspecified atom stereocenters. The zero-order chi connectivity index (χ0) is 14.2. The number of carbonyl (C=O) groups excluding carboxylic acids is 1. The van der Waals surface area contributed by atoms with Crippen LogP contribution in [0.15, 0.2) is 24.3 Å². The molecule has 1 amide bonds. The monoisotopic (exact) mass is 273 g/mol. The summed E-state index contributed by atoms with van der Waals surface area (Å²) >= 11 is 0. The summed E-state index contributed by atoms with van der Waals surface area (Å²) in [6.45, 7) is 0. The zero-order valence-electron chi connectivity index (χ0n) is 9.25. The molecule has 0 fully saturated rings. The zero-order valence-corrected chi connectivity index (χ0v) is 9.25. The quantitative estimate of drug-likeness (QED) is 0.824. The minimum Gasteiger partial charge on any atom is -0.364 e. The van der Waals surface area contributed by atoms with Crippen LogP contribution in [0.5, 0.6) is 0 Å². The summed E-state index contributed by atoms with van der Waals surface area (Å²) in [7, 11) is 0. The van der Waals surface area contributed by atoms with Gasteiger partial charge in [-0.2, -0.15) is 18.3 Å². The highest BCUT2D eigenvalue weighted by Crippen LogP contribution is 2.33. The van der Waals surface area contributed by atoms with E-state index in [1.807, 2.05) is 0 Å². The lowest BCUT2D eigenvalue weighted by Gasteiger charge is -2.08. The molecule has 1 heterocycles. The molecule has 3 N–H and O–H groups in total. The number of halogens is 4. The minimum absolute atomic E-state index is 0.119. The number of amides is 1. The molecule has 0 aliphatic heterocycles. The van der Waals surface area contributed by atoms with E-state index < -0.39 is 23.5 Å². The van der Waals surface area contributed by atoms with Crippen molar-refractivity contribution in [2.24, 2.45) is 5.73 Å². The molecule has 0 spiro atoms. The van der Waals surface area contributed by atoms with Crippen molar-refractivity contribution < 1.29 is 22.4 Å². The van der Waals surface area contributed by atoms with E-state index in [9.17, 15) is 22.4 Å². The Morgan fingerprint density at radius 1 is 1.26 bits per heavy atom. The number of hydrogen-bond acceptors (Lipinski definition) is 2. The van der Waals surface area contributed by atoms with Gasteiger partial charge in [0.1, 0.15) is 11.5 Å². The van der Waals surface area contributed by atoms with Gasteiger partial charge in [-0.05, 0) is 24.3 Å². The Bertz CT molecular complexity index is 633. The molecule has 1 aromatic heterocycles. The number of benzene rings is 1. The van der Waals surface area contributed by atoms with Crippen molar-refractivity contribution in [2.45, 2.75) is 6.18 Å². The molecule has 0 atom stereocenters. The lowest BCUT2D eigenvalue weighted by atomic mass is 10.1. The highest BCUT2D eigenvalue weighted by atomic mass is 19.4. The molecule has 19 heavy (non-hydrogen) atoms. The summed E-state index contributed by atoms with van der Waals surface area (Å²) in [5.41, 5.74) is 3.34. The number of hydrogen-bond donors (Lipinski definition) is 2. The lowest BCUT2D eigenvalue weighted by Crippen LogP contribution is -2.10. The van der Waals surface area contributed by atoms with Gasteiger partial charge in [0.15, 0.2) is 0 Å². The van der Waals surface area contributed by atoms with E-state index >= 15 is 0 Å². The van der Waals surface area contributed by atoms with Crippen LogP contribution < -0.4 is 5.73 Å². The van der Waals surface area contributed by atoms with Gasteiger partial charge in [-0.3, -0.25) is 9.89 Å². The summed E-state index contributed by atoms with van der Waals surface area (Å²) in [6, 6.07) is 3.02. The molecular formula is C11H7F4N3O. The maximum absolute atomic E-state index is 13.5. The van der Waals surface area contributed by atoms with Crippen molar-refractivity contribution in [3.05, 3.63) is 41.3 Å². The molecule has 100 valence electrons. The van der Waals surface area contributed by atoms with Crippen molar-refractivity contribution in [3.63, 3.8) is 0 Å². The van der Waals surface area contributed by atoms with E-state index in [1.54, 1.807) is 0 Å². The molecule has 0 bridgehead atoms. The van der Waals surface area contributed by atoms with E-state index in [1.165, 1.54) is 0 Å². The molecule has 0 aliphatic carbocycles. The molecular weight excluding hydrogens is 266 g/mol. The number of carbonyl (C=O) groups is 1. The van der Waals surface area contributed by atoms with Gasteiger partial charge >= 0.3 is 6.18 Å². The lowest BCUT2D eigenvalue weighted by molar-refractivity contribution is -0.137. The van der Waals surface area contributed by atoms with Crippen LogP contribution in [0.2, 0.25) is 0 Å². The summed E-state index contributed by atoms with van der Waals surface area (Å²) in [5, 5.41) is 5.78. The molecule has 1 aromatic carbocycles. The average molecular weight is 273 g/mol. The van der Waals surface area contributed by atoms with Crippen LogP contribution in [0.25, 0.3) is 11.3 Å². The smallest absolute Gasteiger partial charge is 0.364 e. The molecule has 0 aliphatic rings. The first kappa shape index (κ1) is 13.1. The highest BCUT2D eigenvalue weighted by molar-refractivity contribution is 5.91. The van der Waals surface area contributed by atoms with Gasteiger partial charge in [0.05, 0.1) is 11.3 Å². The van der Waals surface area contributed by atoms with Crippen molar-refractivity contribution in [1.29, 1.82) is 0 Å². The minimum atomic E-state index is -4.59. The molecule has 4 nitrogen and oxygen atoms in total. The number of aromatic nitrogens is 2. The van der Waals surface area contributed by atoms with Crippen LogP contribution in [-0.4, -0.2) is 16.1 Å². The van der Waals surface area contributed by atoms with Crippen LogP contribution in [0, 0.1) is 5.82 Å². The van der Waals surface area contributed by atoms with E-state index in [2.05, 4.69) is 10.2 Å². The fraction of sp³-hybridized carbons (Fsp3) is 0.0909. The van der Waals surface area contributed by atoms with E-state index in [0.717, 1.165) is 6.07 Å². The first-order chi connectivity index (χ1) is 8.79. The summed E-state index contributed by atoms with van der Waals surface area (Å²) in [4.78, 5) is 10.8. The Kier molecular flexibility index (Phi) is 3.01. The van der Waals surface area contributed by atoms with E-state index in [4.69, 9.17) is 5.73 Å². The standard InChI is InChI=1S/C11H7F4N3O/c12-7-2-1-5(11(13,14)15)3-6(7)8-4-9(10(16)19)18-17-8/h1-4H,(H2,16,19)(H,17,18). The summed E-state index contributed by atoms with van der Waals surface area (Å²) in [5.74, 6) is -1.72. The number of alkyl halides is 3. The first-order valence-corrected chi connectivity index (χ1v) is 5.01. The third kappa shape index (κ3) is 2.56. The van der Waals surface area contributed by atoms with Gasteiger partial charge in [-0.25, -0.2) is 4.39 Å². The van der Waals surface area contributed by atoms with Crippen molar-refractivity contribution in [3.8, 4) is 11.3 Å². The molecule has 8 heteroatoms. The van der Waals surface area contributed by atoms with Crippen LogP contribution in [0.4, 0.5) is 17.6 Å². The molecule has 2 rings (SSSR count). The fourth-order valence-electron chi connectivity index (χ4n) is 1.48. The second-order valence-corrected chi connectivity index (χ2v) is 3.72. The van der Waals surface area contributed by atoms with Crippen LogP contribution in [0.1, 0.15) is 16.1 Å². The largest absolute Gasteiger partial charge is 0.416 e. The molecule has 0 saturated carbocycles. The molecule has 0 radical (unpaired) electrons. The van der Waals surface area contributed by atoms with Gasteiger partial charge in [0, 0.05) is 5.56 Å². The van der Waals surface area contributed by atoms with Crippen molar-refractivity contribution in [1.82, 2.24) is 10.2 Å². The number of H-pyrrole nitrogens is 1. The Morgan fingerprint density at radius 3 is 2.47 bits per heavy atom. The van der Waals surface area contributed by atoms with Crippen LogP contribution in [0.3, 0.4) is 0 Å². The SMILES string of the molecule is NC(=O)c1cc(-c2cc(C(F)(F)F)ccc2F)n[nH]1. The van der Waals surface area contributed by atoms with Gasteiger partial charge in [0.25, 0.3) is 5.91 Å². The van der Waals surface area contributed by atoms with Gasteiger partial charge in [0.2, 0.25) is 0 Å². The Hall–Kier alpha value is -2.38. The summed E-state index contributed by atoms with van der Waals surface area (Å²) < 4.78 is 51.1. The predicted molar refractivity (Wildman–Crippen MR) is 57.5 cm³/mol. The third-order valence-electron chi connectivity index (χ3n) is 2.41. The van der Waals surface area contributed by atoms with Gasteiger partial charge in [-0.1, -0.05) is 0 Å². The summed E-state index contributed by atoms with van der Waals surface area (Å²) in [6.07, 6.45) is -4.59. The van der Waals surface area contributed by atoms with Gasteiger partial charge in [-0.15, -0.1) is 0 Å². The van der Waals surface area contributed by atoms with E-state index in [-0.39, 0.29) is 17.0 Å². The maximum Gasteiger partial charge on any atom is 0.416 e. The molecule has 2 aromatic rings. The van der Waals surface area contributed by atoms with Crippen LogP contribution >= 0.6 is 0 Å².